The van der Waals surface area contributed by atoms with Crippen LogP contribution in [-0.4, -0.2) is 20.3 Å². The predicted molar refractivity (Wildman–Crippen MR) is 104 cm³/mol. The van der Waals surface area contributed by atoms with Crippen LogP contribution in [0.2, 0.25) is 0 Å². The number of carbonyl (C=O) groups excluding carboxylic acids is 1. The number of ether oxygens (including phenoxy) is 2. The number of rotatable bonds is 6. The summed E-state index contributed by atoms with van der Waals surface area (Å²) in [5.74, 6) is 0.832. The third-order valence-electron chi connectivity index (χ3n) is 4.06. The maximum atomic E-state index is 12.1. The minimum atomic E-state index is -0.241. The summed E-state index contributed by atoms with van der Waals surface area (Å²) in [5.41, 5.74) is 2.78. The van der Waals surface area contributed by atoms with E-state index in [4.69, 9.17) is 9.47 Å². The molecule has 0 bridgehead atoms. The summed E-state index contributed by atoms with van der Waals surface area (Å²) in [4.78, 5) is 12.1. The summed E-state index contributed by atoms with van der Waals surface area (Å²) >= 11 is 0. The first-order chi connectivity index (χ1) is 12.7. The van der Waals surface area contributed by atoms with Gasteiger partial charge in [-0.15, -0.1) is 0 Å². The van der Waals surface area contributed by atoms with Crippen LogP contribution in [0.25, 0.3) is 10.8 Å². The van der Waals surface area contributed by atoms with Gasteiger partial charge in [0.15, 0.2) is 0 Å². The highest BCUT2D eigenvalue weighted by Gasteiger charge is 2.04. The smallest absolute Gasteiger partial charge is 0.319 e. The Balaban J connectivity index is 1.60. The summed E-state index contributed by atoms with van der Waals surface area (Å²) < 4.78 is 10.3. The molecular formula is C21H22N2O3. The van der Waals surface area contributed by atoms with Gasteiger partial charge in [-0.25, -0.2) is 4.79 Å². The number of hydrogen-bond donors (Lipinski definition) is 2. The van der Waals surface area contributed by atoms with Gasteiger partial charge in [0.25, 0.3) is 0 Å². The van der Waals surface area contributed by atoms with Crippen molar-refractivity contribution in [3.05, 3.63) is 71.8 Å². The zero-order valence-corrected chi connectivity index (χ0v) is 14.9. The van der Waals surface area contributed by atoms with Gasteiger partial charge in [0.2, 0.25) is 0 Å². The topological polar surface area (TPSA) is 59.6 Å². The monoisotopic (exact) mass is 350 g/mol. The molecule has 5 nitrogen and oxygen atoms in total. The Hall–Kier alpha value is -3.05. The van der Waals surface area contributed by atoms with Crippen molar-refractivity contribution in [1.82, 2.24) is 5.32 Å². The van der Waals surface area contributed by atoms with E-state index in [9.17, 15) is 4.79 Å². The van der Waals surface area contributed by atoms with Gasteiger partial charge >= 0.3 is 6.03 Å². The molecule has 2 N–H and O–H groups in total. The number of fused-ring (bicyclic) bond motifs is 1. The van der Waals surface area contributed by atoms with Crippen LogP contribution in [0, 0.1) is 0 Å². The van der Waals surface area contributed by atoms with Gasteiger partial charge in [-0.2, -0.15) is 0 Å². The van der Waals surface area contributed by atoms with Crippen molar-refractivity contribution in [2.75, 3.05) is 19.5 Å². The summed E-state index contributed by atoms with van der Waals surface area (Å²) in [7, 11) is 3.30. The number of nitrogens with one attached hydrogen (secondary N) is 2. The van der Waals surface area contributed by atoms with Crippen LogP contribution in [0.15, 0.2) is 60.7 Å². The van der Waals surface area contributed by atoms with Gasteiger partial charge in [-0.3, -0.25) is 0 Å². The van der Waals surface area contributed by atoms with Crippen LogP contribution in [0.5, 0.6) is 5.75 Å². The van der Waals surface area contributed by atoms with Gasteiger partial charge in [0.1, 0.15) is 5.75 Å². The van der Waals surface area contributed by atoms with E-state index in [-0.39, 0.29) is 6.03 Å². The first-order valence-electron chi connectivity index (χ1n) is 8.37. The number of benzene rings is 3. The zero-order chi connectivity index (χ0) is 18.4. The number of hydrogen-bond acceptors (Lipinski definition) is 3. The van der Waals surface area contributed by atoms with Crippen LogP contribution in [0.3, 0.4) is 0 Å². The molecule has 2 amide bonds. The number of carbonyl (C=O) groups is 1. The first-order valence-corrected chi connectivity index (χ1v) is 8.37. The Morgan fingerprint density at radius 2 is 1.73 bits per heavy atom. The van der Waals surface area contributed by atoms with E-state index in [2.05, 4.69) is 16.7 Å². The van der Waals surface area contributed by atoms with Crippen LogP contribution in [-0.2, 0) is 17.9 Å². The first kappa shape index (κ1) is 17.8. The summed E-state index contributed by atoms with van der Waals surface area (Å²) in [6.45, 7) is 0.963. The molecule has 134 valence electrons. The molecule has 0 saturated heterocycles. The fourth-order valence-electron chi connectivity index (χ4n) is 2.77. The molecule has 0 aliphatic carbocycles. The van der Waals surface area contributed by atoms with Gasteiger partial charge in [0, 0.05) is 19.3 Å². The van der Waals surface area contributed by atoms with Crippen molar-refractivity contribution in [1.29, 1.82) is 0 Å². The normalized spacial score (nSPS) is 10.5. The van der Waals surface area contributed by atoms with Crippen molar-refractivity contribution in [2.45, 2.75) is 13.2 Å². The third-order valence-corrected chi connectivity index (χ3v) is 4.06. The third kappa shape index (κ3) is 4.52. The average Bonchev–Trinajstić information content (AvgIpc) is 2.66. The fraction of sp³-hybridized carbons (Fsp3) is 0.190. The molecule has 0 radical (unpaired) electrons. The largest absolute Gasteiger partial charge is 0.497 e. The molecule has 5 heteroatoms. The van der Waals surface area contributed by atoms with E-state index in [1.54, 1.807) is 14.2 Å². The second-order valence-corrected chi connectivity index (χ2v) is 5.99. The van der Waals surface area contributed by atoms with Crippen molar-refractivity contribution in [3.8, 4) is 5.75 Å². The van der Waals surface area contributed by atoms with Crippen molar-refractivity contribution in [3.63, 3.8) is 0 Å². The molecule has 3 aromatic carbocycles. The zero-order valence-electron chi connectivity index (χ0n) is 14.9. The Morgan fingerprint density at radius 1 is 0.923 bits per heavy atom. The van der Waals surface area contributed by atoms with E-state index in [0.29, 0.717) is 13.2 Å². The molecule has 0 aliphatic rings. The minimum Gasteiger partial charge on any atom is -0.497 e. The minimum absolute atomic E-state index is 0.241. The maximum absolute atomic E-state index is 12.1. The van der Waals surface area contributed by atoms with Crippen LogP contribution < -0.4 is 15.4 Å². The number of urea groups is 1. The fourth-order valence-corrected chi connectivity index (χ4v) is 2.77. The lowest BCUT2D eigenvalue weighted by Crippen LogP contribution is -2.28. The predicted octanol–water partition coefficient (Wildman–Crippen LogP) is 4.32. The van der Waals surface area contributed by atoms with Gasteiger partial charge in [-0.05, 0) is 52.2 Å². The lowest BCUT2D eigenvalue weighted by atomic mass is 10.1. The molecule has 0 atom stereocenters. The quantitative estimate of drug-likeness (QED) is 0.696. The number of anilines is 1. The van der Waals surface area contributed by atoms with Crippen molar-refractivity contribution in [2.24, 2.45) is 0 Å². The Kier molecular flexibility index (Phi) is 5.71. The highest BCUT2D eigenvalue weighted by atomic mass is 16.5. The second kappa shape index (κ2) is 8.36. The molecule has 3 aromatic rings. The van der Waals surface area contributed by atoms with Crippen LogP contribution in [0.4, 0.5) is 10.5 Å². The number of methoxy groups -OCH3 is 2. The van der Waals surface area contributed by atoms with Crippen LogP contribution >= 0.6 is 0 Å². The van der Waals surface area contributed by atoms with E-state index in [1.807, 2.05) is 54.6 Å². The van der Waals surface area contributed by atoms with Crippen molar-refractivity contribution < 1.29 is 14.3 Å². The molecule has 0 unspecified atom stereocenters. The van der Waals surface area contributed by atoms with E-state index >= 15 is 0 Å². The highest BCUT2D eigenvalue weighted by Crippen LogP contribution is 2.21. The Bertz CT molecular complexity index is 909. The lowest BCUT2D eigenvalue weighted by molar-refractivity contribution is 0.185. The molecule has 26 heavy (non-hydrogen) atoms. The molecule has 0 heterocycles. The summed E-state index contributed by atoms with van der Waals surface area (Å²) in [6, 6.07) is 19.4. The van der Waals surface area contributed by atoms with Gasteiger partial charge in [-0.1, -0.05) is 30.3 Å². The van der Waals surface area contributed by atoms with E-state index < -0.39 is 0 Å². The molecule has 0 saturated carbocycles. The van der Waals surface area contributed by atoms with Crippen LogP contribution in [0.1, 0.15) is 11.1 Å². The van der Waals surface area contributed by atoms with Crippen molar-refractivity contribution >= 4 is 22.5 Å². The molecule has 0 aliphatic heterocycles. The number of amides is 2. The van der Waals surface area contributed by atoms with E-state index in [1.165, 1.54) is 0 Å². The second-order valence-electron chi connectivity index (χ2n) is 5.99. The average molecular weight is 350 g/mol. The SMILES string of the molecule is COCc1cccc(NC(=O)NCc2ccc3cc(OC)ccc3c2)c1. The molecule has 0 aromatic heterocycles. The lowest BCUT2D eigenvalue weighted by Gasteiger charge is -2.10. The Morgan fingerprint density at radius 3 is 2.54 bits per heavy atom. The van der Waals surface area contributed by atoms with E-state index in [0.717, 1.165) is 33.3 Å². The van der Waals surface area contributed by atoms with Gasteiger partial charge < -0.3 is 20.1 Å². The molecular weight excluding hydrogens is 328 g/mol. The molecule has 3 rings (SSSR count). The standard InChI is InChI=1S/C21H22N2O3/c1-25-14-16-4-3-5-19(11-16)23-21(24)22-13-15-6-7-18-12-20(26-2)9-8-17(18)10-15/h3-12H,13-14H2,1-2H3,(H2,22,23,24). The molecule has 0 fully saturated rings. The highest BCUT2D eigenvalue weighted by molar-refractivity contribution is 5.89. The Labute approximate surface area is 152 Å². The van der Waals surface area contributed by atoms with Gasteiger partial charge in [0.05, 0.1) is 13.7 Å². The summed E-state index contributed by atoms with van der Waals surface area (Å²) in [5, 5.41) is 7.93. The molecule has 0 spiro atoms. The summed E-state index contributed by atoms with van der Waals surface area (Å²) in [6.07, 6.45) is 0. The maximum Gasteiger partial charge on any atom is 0.319 e.